The minimum absolute atomic E-state index is 0. The Morgan fingerprint density at radius 3 is 2.94 bits per heavy atom. The van der Waals surface area contributed by atoms with Gasteiger partial charge in [-0.2, -0.15) is 0 Å². The molecule has 100 valence electrons. The van der Waals surface area contributed by atoms with Gasteiger partial charge in [0.15, 0.2) is 0 Å². The number of nitrogens with zero attached hydrogens (tertiary/aromatic N) is 2. The summed E-state index contributed by atoms with van der Waals surface area (Å²) in [6.45, 7) is 1.32. The van der Waals surface area contributed by atoms with Gasteiger partial charge in [0.1, 0.15) is 11.4 Å². The highest BCUT2D eigenvalue weighted by atomic mass is 35.5. The third-order valence-corrected chi connectivity index (χ3v) is 3.09. The van der Waals surface area contributed by atoms with E-state index in [-0.39, 0.29) is 18.4 Å². The first-order chi connectivity index (χ1) is 8.15. The maximum Gasteiger partial charge on any atom is 0.327 e. The van der Waals surface area contributed by atoms with E-state index in [9.17, 15) is 4.79 Å². The third-order valence-electron chi connectivity index (χ3n) is 3.09. The average Bonchev–Trinajstić information content (AvgIpc) is 2.39. The number of anilines is 1. The Kier molecular flexibility index (Phi) is 4.93. The lowest BCUT2D eigenvalue weighted by molar-refractivity contribution is -0.147. The van der Waals surface area contributed by atoms with Crippen LogP contribution in [0.25, 0.3) is 0 Å². The Balaban J connectivity index is 0.00000162. The Morgan fingerprint density at radius 1 is 1.56 bits per heavy atom. The van der Waals surface area contributed by atoms with E-state index in [1.807, 2.05) is 23.1 Å². The van der Waals surface area contributed by atoms with Gasteiger partial charge in [-0.15, -0.1) is 12.4 Å². The van der Waals surface area contributed by atoms with Crippen LogP contribution in [0.15, 0.2) is 24.4 Å². The van der Waals surface area contributed by atoms with Crippen molar-refractivity contribution in [3.8, 4) is 0 Å². The molecular weight excluding hydrogens is 254 g/mol. The summed E-state index contributed by atoms with van der Waals surface area (Å²) in [7, 11) is 1.37. The van der Waals surface area contributed by atoms with Crippen molar-refractivity contribution in [2.24, 2.45) is 5.73 Å². The molecule has 2 rings (SSSR count). The largest absolute Gasteiger partial charge is 0.468 e. The monoisotopic (exact) mass is 271 g/mol. The molecular formula is C12H18ClN3O2. The van der Waals surface area contributed by atoms with Crippen molar-refractivity contribution in [3.05, 3.63) is 24.4 Å². The second kappa shape index (κ2) is 6.02. The van der Waals surface area contributed by atoms with Crippen LogP contribution in [-0.2, 0) is 9.53 Å². The molecule has 1 saturated heterocycles. The summed E-state index contributed by atoms with van der Waals surface area (Å²) in [5.74, 6) is 0.504. The van der Waals surface area contributed by atoms with E-state index < -0.39 is 5.54 Å². The molecule has 5 nitrogen and oxygen atoms in total. The predicted octanol–water partition coefficient (Wildman–Crippen LogP) is 0.974. The van der Waals surface area contributed by atoms with Crippen molar-refractivity contribution in [2.45, 2.75) is 18.4 Å². The van der Waals surface area contributed by atoms with Gasteiger partial charge in [0, 0.05) is 19.3 Å². The summed E-state index contributed by atoms with van der Waals surface area (Å²) in [6, 6.07) is 5.71. The van der Waals surface area contributed by atoms with Crippen molar-refractivity contribution < 1.29 is 9.53 Å². The zero-order valence-corrected chi connectivity index (χ0v) is 11.2. The molecule has 0 spiro atoms. The summed E-state index contributed by atoms with van der Waals surface area (Å²) in [5.41, 5.74) is 5.18. The fraction of sp³-hybridized carbons (Fsp3) is 0.500. The molecule has 0 bridgehead atoms. The van der Waals surface area contributed by atoms with Crippen molar-refractivity contribution in [2.75, 3.05) is 25.1 Å². The van der Waals surface area contributed by atoms with Crippen LogP contribution in [0.5, 0.6) is 0 Å². The smallest absolute Gasteiger partial charge is 0.327 e. The number of carbonyl (C=O) groups excluding carboxylic acids is 1. The van der Waals surface area contributed by atoms with Gasteiger partial charge in [0.05, 0.1) is 7.11 Å². The number of nitrogens with two attached hydrogens (primary N) is 1. The first-order valence-corrected chi connectivity index (χ1v) is 5.69. The topological polar surface area (TPSA) is 68.5 Å². The Morgan fingerprint density at radius 2 is 2.33 bits per heavy atom. The van der Waals surface area contributed by atoms with Crippen LogP contribution in [0.2, 0.25) is 0 Å². The fourth-order valence-corrected chi connectivity index (χ4v) is 2.19. The van der Waals surface area contributed by atoms with Crippen LogP contribution in [-0.4, -0.2) is 36.7 Å². The first-order valence-electron chi connectivity index (χ1n) is 5.69. The number of piperidine rings is 1. The number of rotatable bonds is 2. The van der Waals surface area contributed by atoms with E-state index in [4.69, 9.17) is 10.5 Å². The van der Waals surface area contributed by atoms with Gasteiger partial charge < -0.3 is 15.4 Å². The maximum atomic E-state index is 11.7. The number of hydrogen-bond acceptors (Lipinski definition) is 5. The van der Waals surface area contributed by atoms with Crippen LogP contribution in [0.4, 0.5) is 5.82 Å². The zero-order valence-electron chi connectivity index (χ0n) is 10.3. The highest BCUT2D eigenvalue weighted by Gasteiger charge is 2.39. The number of hydrogen-bond donors (Lipinski definition) is 1. The molecule has 0 aromatic carbocycles. The maximum absolute atomic E-state index is 11.7. The van der Waals surface area contributed by atoms with Gasteiger partial charge in [-0.25, -0.2) is 9.78 Å². The van der Waals surface area contributed by atoms with Crippen LogP contribution < -0.4 is 10.6 Å². The molecule has 0 radical (unpaired) electrons. The molecule has 1 unspecified atom stereocenters. The second-order valence-corrected chi connectivity index (χ2v) is 4.36. The molecule has 1 atom stereocenters. The molecule has 1 fully saturated rings. The van der Waals surface area contributed by atoms with Crippen LogP contribution in [0.1, 0.15) is 12.8 Å². The lowest BCUT2D eigenvalue weighted by Crippen LogP contribution is -2.60. The lowest BCUT2D eigenvalue weighted by atomic mass is 9.90. The van der Waals surface area contributed by atoms with E-state index in [0.717, 1.165) is 18.8 Å². The van der Waals surface area contributed by atoms with Gasteiger partial charge in [-0.05, 0) is 25.0 Å². The molecule has 0 amide bonds. The quantitative estimate of drug-likeness (QED) is 0.812. The fourth-order valence-electron chi connectivity index (χ4n) is 2.19. The molecule has 1 aromatic rings. The van der Waals surface area contributed by atoms with E-state index in [1.165, 1.54) is 7.11 Å². The minimum Gasteiger partial charge on any atom is -0.468 e. The number of aromatic nitrogens is 1. The lowest BCUT2D eigenvalue weighted by Gasteiger charge is -2.38. The first kappa shape index (κ1) is 14.7. The highest BCUT2D eigenvalue weighted by molar-refractivity contribution is 5.85. The molecule has 1 aromatic heterocycles. The summed E-state index contributed by atoms with van der Waals surface area (Å²) < 4.78 is 4.77. The Bertz CT molecular complexity index is 402. The molecule has 18 heavy (non-hydrogen) atoms. The van der Waals surface area contributed by atoms with Gasteiger partial charge in [-0.1, -0.05) is 6.07 Å². The molecule has 6 heteroatoms. The highest BCUT2D eigenvalue weighted by Crippen LogP contribution is 2.23. The summed E-state index contributed by atoms with van der Waals surface area (Å²) in [4.78, 5) is 18.0. The summed E-state index contributed by atoms with van der Waals surface area (Å²) in [5, 5.41) is 0. The normalized spacial score (nSPS) is 23.1. The van der Waals surface area contributed by atoms with Crippen LogP contribution in [0, 0.1) is 0 Å². The molecule has 2 N–H and O–H groups in total. The Hall–Kier alpha value is -1.33. The second-order valence-electron chi connectivity index (χ2n) is 4.36. The van der Waals surface area contributed by atoms with Gasteiger partial charge in [0.2, 0.25) is 0 Å². The average molecular weight is 272 g/mol. The number of pyridine rings is 1. The number of halogens is 1. The number of methoxy groups -OCH3 is 1. The standard InChI is InChI=1S/C12H17N3O2.ClH/c1-17-11(16)12(13)6-4-8-15(9-12)10-5-2-3-7-14-10;/h2-3,5,7H,4,6,8-9,13H2,1H3;1H. The minimum atomic E-state index is -0.912. The predicted molar refractivity (Wildman–Crippen MR) is 71.9 cm³/mol. The van der Waals surface area contributed by atoms with E-state index in [2.05, 4.69) is 4.98 Å². The van der Waals surface area contributed by atoms with Crippen molar-refractivity contribution in [1.82, 2.24) is 4.98 Å². The zero-order chi connectivity index (χ0) is 12.3. The molecule has 0 aliphatic carbocycles. The molecule has 1 aliphatic rings. The number of esters is 1. The van der Waals surface area contributed by atoms with Crippen molar-refractivity contribution in [1.29, 1.82) is 0 Å². The van der Waals surface area contributed by atoms with Crippen molar-refractivity contribution in [3.63, 3.8) is 0 Å². The van der Waals surface area contributed by atoms with Gasteiger partial charge in [0.25, 0.3) is 0 Å². The van der Waals surface area contributed by atoms with E-state index in [1.54, 1.807) is 6.20 Å². The molecule has 0 saturated carbocycles. The molecule has 1 aliphatic heterocycles. The third kappa shape index (κ3) is 2.91. The van der Waals surface area contributed by atoms with Crippen LogP contribution in [0.3, 0.4) is 0 Å². The van der Waals surface area contributed by atoms with Crippen molar-refractivity contribution >= 4 is 24.2 Å². The summed E-state index contributed by atoms with van der Waals surface area (Å²) in [6.07, 6.45) is 3.26. The number of ether oxygens (including phenoxy) is 1. The Labute approximate surface area is 113 Å². The van der Waals surface area contributed by atoms with E-state index >= 15 is 0 Å². The van der Waals surface area contributed by atoms with Gasteiger partial charge >= 0.3 is 5.97 Å². The number of carbonyl (C=O) groups is 1. The summed E-state index contributed by atoms with van der Waals surface area (Å²) >= 11 is 0. The SMILES string of the molecule is COC(=O)C1(N)CCCN(c2ccccn2)C1.Cl. The van der Waals surface area contributed by atoms with E-state index in [0.29, 0.717) is 13.0 Å². The van der Waals surface area contributed by atoms with Crippen LogP contribution >= 0.6 is 12.4 Å². The van der Waals surface area contributed by atoms with Gasteiger partial charge in [-0.3, -0.25) is 0 Å². The molecule has 2 heterocycles.